The normalized spacial score (nSPS) is 23.5. The van der Waals surface area contributed by atoms with E-state index in [2.05, 4.69) is 6.92 Å². The number of halogens is 1. The van der Waals surface area contributed by atoms with E-state index >= 15 is 0 Å². The quantitative estimate of drug-likeness (QED) is 0.636. The molecular formula is C9H13ClO. The first-order valence-corrected chi connectivity index (χ1v) is 4.36. The van der Waals surface area contributed by atoms with Crippen LogP contribution in [-0.2, 0) is 4.74 Å². The Balaban J connectivity index is 2.25. The molecule has 11 heavy (non-hydrogen) atoms. The van der Waals surface area contributed by atoms with Crippen molar-refractivity contribution < 1.29 is 4.74 Å². The van der Waals surface area contributed by atoms with E-state index in [1.807, 2.05) is 18.2 Å². The molecule has 2 heteroatoms. The molecule has 0 fully saturated rings. The van der Waals surface area contributed by atoms with Gasteiger partial charge in [-0.05, 0) is 18.9 Å². The molecule has 1 aliphatic rings. The van der Waals surface area contributed by atoms with Crippen molar-refractivity contribution in [3.05, 3.63) is 23.3 Å². The first-order valence-electron chi connectivity index (χ1n) is 3.98. The van der Waals surface area contributed by atoms with E-state index in [4.69, 9.17) is 16.3 Å². The molecule has 0 heterocycles. The second-order valence-corrected chi connectivity index (χ2v) is 3.03. The Morgan fingerprint density at radius 2 is 2.55 bits per heavy atom. The molecule has 1 nitrogen and oxygen atoms in total. The maximum Gasteiger partial charge on any atom is 0.0794 e. The Morgan fingerprint density at radius 1 is 1.73 bits per heavy atom. The summed E-state index contributed by atoms with van der Waals surface area (Å²) < 4.78 is 5.49. The van der Waals surface area contributed by atoms with Crippen molar-refractivity contribution in [3.63, 3.8) is 0 Å². The number of ether oxygens (including phenoxy) is 1. The third-order valence-corrected chi connectivity index (χ3v) is 1.83. The van der Waals surface area contributed by atoms with Gasteiger partial charge in [0.05, 0.1) is 6.10 Å². The van der Waals surface area contributed by atoms with E-state index in [0.717, 1.165) is 24.5 Å². The molecule has 0 aromatic carbocycles. The summed E-state index contributed by atoms with van der Waals surface area (Å²) in [5.74, 6) is 0. The van der Waals surface area contributed by atoms with Gasteiger partial charge in [0.25, 0.3) is 0 Å². The van der Waals surface area contributed by atoms with Gasteiger partial charge in [-0.2, -0.15) is 0 Å². The van der Waals surface area contributed by atoms with Gasteiger partial charge in [-0.1, -0.05) is 30.7 Å². The molecule has 0 saturated carbocycles. The Labute approximate surface area is 72.7 Å². The van der Waals surface area contributed by atoms with Crippen LogP contribution in [0.1, 0.15) is 19.8 Å². The first kappa shape index (κ1) is 8.82. The number of hydrogen-bond acceptors (Lipinski definition) is 1. The topological polar surface area (TPSA) is 9.23 Å². The molecule has 0 aromatic rings. The van der Waals surface area contributed by atoms with Crippen LogP contribution < -0.4 is 0 Å². The van der Waals surface area contributed by atoms with E-state index in [1.165, 1.54) is 0 Å². The molecule has 0 saturated heterocycles. The van der Waals surface area contributed by atoms with E-state index in [-0.39, 0.29) is 6.10 Å². The van der Waals surface area contributed by atoms with Crippen molar-refractivity contribution in [2.24, 2.45) is 0 Å². The van der Waals surface area contributed by atoms with Crippen LogP contribution in [0.2, 0.25) is 0 Å². The predicted molar refractivity (Wildman–Crippen MR) is 47.7 cm³/mol. The van der Waals surface area contributed by atoms with Gasteiger partial charge in [0.1, 0.15) is 0 Å². The van der Waals surface area contributed by atoms with Crippen molar-refractivity contribution in [1.29, 1.82) is 0 Å². The minimum absolute atomic E-state index is 0.248. The molecule has 0 N–H and O–H groups in total. The van der Waals surface area contributed by atoms with Crippen LogP contribution in [-0.4, -0.2) is 12.7 Å². The van der Waals surface area contributed by atoms with Gasteiger partial charge in [-0.15, -0.1) is 0 Å². The SMILES string of the molecule is CCCOC1C=CC(Cl)=CC1. The minimum atomic E-state index is 0.248. The minimum Gasteiger partial charge on any atom is -0.374 e. The fourth-order valence-corrected chi connectivity index (χ4v) is 1.13. The van der Waals surface area contributed by atoms with Gasteiger partial charge in [-0.3, -0.25) is 0 Å². The Kier molecular flexibility index (Phi) is 3.67. The lowest BCUT2D eigenvalue weighted by molar-refractivity contribution is 0.0869. The molecule has 1 atom stereocenters. The average molecular weight is 173 g/mol. The molecule has 0 spiro atoms. The van der Waals surface area contributed by atoms with Crippen molar-refractivity contribution in [2.75, 3.05) is 6.61 Å². The smallest absolute Gasteiger partial charge is 0.0794 e. The van der Waals surface area contributed by atoms with Crippen molar-refractivity contribution in [3.8, 4) is 0 Å². The van der Waals surface area contributed by atoms with Gasteiger partial charge in [-0.25, -0.2) is 0 Å². The lowest BCUT2D eigenvalue weighted by Gasteiger charge is -2.14. The number of rotatable bonds is 3. The molecule has 62 valence electrons. The lowest BCUT2D eigenvalue weighted by atomic mass is 10.1. The van der Waals surface area contributed by atoms with E-state index in [9.17, 15) is 0 Å². The third kappa shape index (κ3) is 3.08. The second kappa shape index (κ2) is 4.58. The van der Waals surface area contributed by atoms with Crippen molar-refractivity contribution >= 4 is 11.6 Å². The van der Waals surface area contributed by atoms with Crippen LogP contribution in [0, 0.1) is 0 Å². The van der Waals surface area contributed by atoms with Crippen LogP contribution in [0.25, 0.3) is 0 Å². The molecule has 0 aliphatic heterocycles. The van der Waals surface area contributed by atoms with Crippen molar-refractivity contribution in [2.45, 2.75) is 25.9 Å². The Bertz CT molecular complexity index is 172. The highest BCUT2D eigenvalue weighted by molar-refractivity contribution is 6.31. The third-order valence-electron chi connectivity index (χ3n) is 1.55. The van der Waals surface area contributed by atoms with Gasteiger partial charge >= 0.3 is 0 Å². The molecule has 1 unspecified atom stereocenters. The fraction of sp³-hybridized carbons (Fsp3) is 0.556. The zero-order valence-electron chi connectivity index (χ0n) is 6.72. The highest BCUT2D eigenvalue weighted by atomic mass is 35.5. The van der Waals surface area contributed by atoms with Gasteiger partial charge in [0, 0.05) is 11.6 Å². The standard InChI is InChI=1S/C9H13ClO/c1-2-7-11-9-5-3-8(10)4-6-9/h3-5,9H,2,6-7H2,1H3. The fourth-order valence-electron chi connectivity index (χ4n) is 0.967. The van der Waals surface area contributed by atoms with Gasteiger partial charge in [0.15, 0.2) is 0 Å². The molecule has 0 radical (unpaired) electrons. The first-order chi connectivity index (χ1) is 5.33. The van der Waals surface area contributed by atoms with E-state index < -0.39 is 0 Å². The van der Waals surface area contributed by atoms with Crippen LogP contribution in [0.4, 0.5) is 0 Å². The molecule has 1 aliphatic carbocycles. The van der Waals surface area contributed by atoms with E-state index in [0.29, 0.717) is 0 Å². The average Bonchev–Trinajstić information content (AvgIpc) is 2.04. The van der Waals surface area contributed by atoms with E-state index in [1.54, 1.807) is 0 Å². The zero-order valence-corrected chi connectivity index (χ0v) is 7.47. The molecule has 0 aromatic heterocycles. The summed E-state index contributed by atoms with van der Waals surface area (Å²) in [5.41, 5.74) is 0. The largest absolute Gasteiger partial charge is 0.374 e. The number of hydrogen-bond donors (Lipinski definition) is 0. The maximum atomic E-state index is 5.73. The highest BCUT2D eigenvalue weighted by Crippen LogP contribution is 2.15. The van der Waals surface area contributed by atoms with Crippen LogP contribution in [0.5, 0.6) is 0 Å². The summed E-state index contributed by atoms with van der Waals surface area (Å²) in [6, 6.07) is 0. The van der Waals surface area contributed by atoms with Gasteiger partial charge in [0.2, 0.25) is 0 Å². The van der Waals surface area contributed by atoms with Crippen LogP contribution >= 0.6 is 11.6 Å². The van der Waals surface area contributed by atoms with Crippen LogP contribution in [0.15, 0.2) is 23.3 Å². The van der Waals surface area contributed by atoms with Gasteiger partial charge < -0.3 is 4.74 Å². The maximum absolute atomic E-state index is 5.73. The highest BCUT2D eigenvalue weighted by Gasteiger charge is 2.06. The zero-order chi connectivity index (χ0) is 8.10. The van der Waals surface area contributed by atoms with Crippen molar-refractivity contribution in [1.82, 2.24) is 0 Å². The number of allylic oxidation sites excluding steroid dienone is 2. The monoisotopic (exact) mass is 172 g/mol. The summed E-state index contributed by atoms with van der Waals surface area (Å²) in [6.45, 7) is 2.94. The molecule has 1 rings (SSSR count). The Hall–Kier alpha value is -0.270. The molecule has 0 bridgehead atoms. The summed E-state index contributed by atoms with van der Waals surface area (Å²) in [4.78, 5) is 0. The second-order valence-electron chi connectivity index (χ2n) is 2.59. The molecule has 0 amide bonds. The predicted octanol–water partition coefficient (Wildman–Crippen LogP) is 2.86. The summed E-state index contributed by atoms with van der Waals surface area (Å²) in [5, 5.41) is 0.821. The lowest BCUT2D eigenvalue weighted by Crippen LogP contribution is -2.11. The van der Waals surface area contributed by atoms with Crippen LogP contribution in [0.3, 0.4) is 0 Å². The summed E-state index contributed by atoms with van der Waals surface area (Å²) >= 11 is 5.73. The summed E-state index contributed by atoms with van der Waals surface area (Å²) in [6.07, 6.45) is 8.12. The Morgan fingerprint density at radius 3 is 3.09 bits per heavy atom. The summed E-state index contributed by atoms with van der Waals surface area (Å²) in [7, 11) is 0. The molecular weight excluding hydrogens is 160 g/mol.